The largest absolute Gasteiger partial charge is 0.491 e. The van der Waals surface area contributed by atoms with E-state index in [0.29, 0.717) is 18.6 Å². The summed E-state index contributed by atoms with van der Waals surface area (Å²) in [6.07, 6.45) is 0.748. The van der Waals surface area contributed by atoms with Crippen molar-refractivity contribution < 1.29 is 28.7 Å². The van der Waals surface area contributed by atoms with Crippen LogP contribution in [0.4, 0.5) is 0 Å². The summed E-state index contributed by atoms with van der Waals surface area (Å²) in [5.74, 6) is -0.0590. The first-order valence-corrected chi connectivity index (χ1v) is 15.9. The molecular weight excluding hydrogens is 572 g/mol. The quantitative estimate of drug-likeness (QED) is 0.340. The summed E-state index contributed by atoms with van der Waals surface area (Å²) in [5.41, 5.74) is 1.29. The Hall–Kier alpha value is -4.08. The summed E-state index contributed by atoms with van der Waals surface area (Å²) in [7, 11) is 1.72. The number of benzene rings is 2. The van der Waals surface area contributed by atoms with E-state index in [1.54, 1.807) is 36.2 Å². The molecule has 3 N–H and O–H groups in total. The van der Waals surface area contributed by atoms with Crippen LogP contribution >= 0.6 is 0 Å². The molecule has 10 nitrogen and oxygen atoms in total. The van der Waals surface area contributed by atoms with Crippen molar-refractivity contribution in [2.45, 2.75) is 84.8 Å². The van der Waals surface area contributed by atoms with Gasteiger partial charge < -0.3 is 30.3 Å². The molecule has 2 aromatic carbocycles. The van der Waals surface area contributed by atoms with Gasteiger partial charge in [0.2, 0.25) is 17.7 Å². The highest BCUT2D eigenvalue weighted by Crippen LogP contribution is 2.26. The van der Waals surface area contributed by atoms with Crippen molar-refractivity contribution in [3.05, 3.63) is 59.7 Å². The van der Waals surface area contributed by atoms with Crippen LogP contribution < -0.4 is 25.4 Å². The molecular formula is C35H50N4O6. The highest BCUT2D eigenvalue weighted by Gasteiger charge is 2.33. The van der Waals surface area contributed by atoms with Crippen molar-refractivity contribution in [3.63, 3.8) is 0 Å². The Morgan fingerprint density at radius 1 is 0.956 bits per heavy atom. The van der Waals surface area contributed by atoms with Crippen LogP contribution in [0.1, 0.15) is 82.6 Å². The zero-order valence-electron chi connectivity index (χ0n) is 27.7. The number of nitrogens with one attached hydrogen (secondary N) is 3. The van der Waals surface area contributed by atoms with E-state index in [9.17, 15) is 19.2 Å². The van der Waals surface area contributed by atoms with Crippen molar-refractivity contribution >= 4 is 23.6 Å². The van der Waals surface area contributed by atoms with Gasteiger partial charge in [-0.1, -0.05) is 71.9 Å². The highest BCUT2D eigenvalue weighted by atomic mass is 16.5. The average Bonchev–Trinajstić information content (AvgIpc) is 2.99. The fourth-order valence-electron chi connectivity index (χ4n) is 5.40. The summed E-state index contributed by atoms with van der Waals surface area (Å²) in [6, 6.07) is 12.2. The van der Waals surface area contributed by atoms with Gasteiger partial charge in [-0.05, 0) is 54.4 Å². The topological polar surface area (TPSA) is 126 Å². The normalized spacial score (nSPS) is 19.8. The van der Waals surface area contributed by atoms with Gasteiger partial charge >= 0.3 is 0 Å². The summed E-state index contributed by atoms with van der Waals surface area (Å²) >= 11 is 0. The van der Waals surface area contributed by atoms with Crippen LogP contribution in [0.15, 0.2) is 48.5 Å². The standard InChI is InChI=1S/C35H50N4O6/c1-22(2)18-25-21-45-31-15-11-9-13-27(31)33(41)38-28(20-32(40)37-29(19-23(3)4)35(43)39(25)7)34(42)36-16-17-44-30-14-10-8-12-26(30)24(5)6/h8-15,22-25,28-29H,16-21H2,1-7H3,(H,36,42)(H,37,40)(H,38,41)/t25-,28+,29+/m1/s1. The molecule has 0 unspecified atom stereocenters. The number of hydrogen-bond donors (Lipinski definition) is 3. The molecule has 0 saturated heterocycles. The first kappa shape index (κ1) is 35.4. The zero-order valence-corrected chi connectivity index (χ0v) is 27.7. The molecule has 0 radical (unpaired) electrons. The van der Waals surface area contributed by atoms with Crippen LogP contribution in [0.25, 0.3) is 0 Å². The van der Waals surface area contributed by atoms with Crippen molar-refractivity contribution in [2.75, 3.05) is 26.8 Å². The number of amides is 4. The molecule has 4 amide bonds. The molecule has 3 atom stereocenters. The highest BCUT2D eigenvalue weighted by molar-refractivity contribution is 6.01. The van der Waals surface area contributed by atoms with Gasteiger partial charge in [0, 0.05) is 7.05 Å². The Morgan fingerprint density at radius 2 is 1.62 bits per heavy atom. The van der Waals surface area contributed by atoms with Gasteiger partial charge in [0.1, 0.15) is 36.8 Å². The van der Waals surface area contributed by atoms with Gasteiger partial charge in [0.05, 0.1) is 24.6 Å². The molecule has 10 heteroatoms. The van der Waals surface area contributed by atoms with E-state index in [4.69, 9.17) is 9.47 Å². The van der Waals surface area contributed by atoms with E-state index in [1.165, 1.54) is 0 Å². The molecule has 0 aliphatic carbocycles. The summed E-state index contributed by atoms with van der Waals surface area (Å²) < 4.78 is 12.1. The second-order valence-electron chi connectivity index (χ2n) is 12.9. The first-order chi connectivity index (χ1) is 21.4. The number of ether oxygens (including phenoxy) is 2. The third-order valence-corrected chi connectivity index (χ3v) is 7.75. The van der Waals surface area contributed by atoms with E-state index >= 15 is 0 Å². The van der Waals surface area contributed by atoms with Gasteiger partial charge in [-0.15, -0.1) is 0 Å². The zero-order chi connectivity index (χ0) is 33.1. The molecule has 0 bridgehead atoms. The molecule has 0 spiro atoms. The molecule has 1 aliphatic heterocycles. The molecule has 246 valence electrons. The van der Waals surface area contributed by atoms with Gasteiger partial charge in [0.25, 0.3) is 5.91 Å². The maximum Gasteiger partial charge on any atom is 0.255 e. The van der Waals surface area contributed by atoms with Crippen LogP contribution in [-0.4, -0.2) is 73.5 Å². The summed E-state index contributed by atoms with van der Waals surface area (Å²) in [6.45, 7) is 12.8. The van der Waals surface area contributed by atoms with Crippen LogP contribution in [-0.2, 0) is 14.4 Å². The minimum Gasteiger partial charge on any atom is -0.491 e. The van der Waals surface area contributed by atoms with Crippen LogP contribution in [0.2, 0.25) is 0 Å². The van der Waals surface area contributed by atoms with Crippen LogP contribution in [0, 0.1) is 11.8 Å². The number of para-hydroxylation sites is 2. The fraction of sp³-hybridized carbons (Fsp3) is 0.543. The predicted octanol–water partition coefficient (Wildman–Crippen LogP) is 4.29. The second-order valence-corrected chi connectivity index (χ2v) is 12.9. The van der Waals surface area contributed by atoms with Crippen molar-refractivity contribution in [2.24, 2.45) is 11.8 Å². The van der Waals surface area contributed by atoms with Crippen molar-refractivity contribution in [1.82, 2.24) is 20.9 Å². The number of rotatable bonds is 10. The molecule has 45 heavy (non-hydrogen) atoms. The van der Waals surface area contributed by atoms with Gasteiger partial charge in [-0.3, -0.25) is 19.2 Å². The lowest BCUT2D eigenvalue weighted by Crippen LogP contribution is -2.55. The van der Waals surface area contributed by atoms with Crippen LogP contribution in [0.3, 0.4) is 0 Å². The third kappa shape index (κ3) is 10.5. The molecule has 0 fully saturated rings. The number of carbonyl (C=O) groups is 4. The second kappa shape index (κ2) is 16.8. The van der Waals surface area contributed by atoms with E-state index in [-0.39, 0.29) is 61.4 Å². The number of nitrogens with zero attached hydrogens (tertiary/aromatic N) is 1. The van der Waals surface area contributed by atoms with Gasteiger partial charge in [-0.25, -0.2) is 0 Å². The molecule has 0 aromatic heterocycles. The minimum absolute atomic E-state index is 0.123. The molecule has 1 aliphatic rings. The monoisotopic (exact) mass is 622 g/mol. The first-order valence-electron chi connectivity index (χ1n) is 15.9. The number of hydrogen-bond acceptors (Lipinski definition) is 6. The fourth-order valence-corrected chi connectivity index (χ4v) is 5.40. The maximum absolute atomic E-state index is 13.8. The molecule has 0 saturated carbocycles. The Bertz CT molecular complexity index is 1310. The predicted molar refractivity (Wildman–Crippen MR) is 174 cm³/mol. The SMILES string of the molecule is CC(C)C[C@@H]1COc2ccccc2C(=O)N[C@H](C(=O)NCCOc2ccccc2C(C)C)CC(=O)N[C@@H](CC(C)C)C(=O)N1C. The third-order valence-electron chi connectivity index (χ3n) is 7.75. The van der Waals surface area contributed by atoms with Crippen LogP contribution in [0.5, 0.6) is 11.5 Å². The Balaban J connectivity index is 1.84. The lowest BCUT2D eigenvalue weighted by molar-refractivity contribution is -0.138. The summed E-state index contributed by atoms with van der Waals surface area (Å²) in [5, 5.41) is 8.37. The van der Waals surface area contributed by atoms with Gasteiger partial charge in [0.15, 0.2) is 0 Å². The number of likely N-dealkylation sites (N-methyl/N-ethyl adjacent to an activating group) is 1. The number of carbonyl (C=O) groups excluding carboxylic acids is 4. The lowest BCUT2D eigenvalue weighted by atomic mass is 9.99. The Morgan fingerprint density at radius 3 is 2.31 bits per heavy atom. The van der Waals surface area contributed by atoms with Gasteiger partial charge in [-0.2, -0.15) is 0 Å². The Labute approximate surface area is 267 Å². The molecule has 1 heterocycles. The minimum atomic E-state index is -1.20. The van der Waals surface area contributed by atoms with E-state index in [0.717, 1.165) is 11.3 Å². The Kier molecular flexibility index (Phi) is 13.2. The number of fused-ring (bicyclic) bond motifs is 1. The average molecular weight is 623 g/mol. The van der Waals surface area contributed by atoms with Crippen molar-refractivity contribution in [1.29, 1.82) is 0 Å². The van der Waals surface area contributed by atoms with E-state index in [1.807, 2.05) is 38.1 Å². The smallest absolute Gasteiger partial charge is 0.255 e. The lowest BCUT2D eigenvalue weighted by Gasteiger charge is -2.33. The molecule has 3 rings (SSSR count). The van der Waals surface area contributed by atoms with Crippen molar-refractivity contribution in [3.8, 4) is 11.5 Å². The maximum atomic E-state index is 13.8. The molecule has 2 aromatic rings. The van der Waals surface area contributed by atoms with E-state index < -0.39 is 29.8 Å². The van der Waals surface area contributed by atoms with E-state index in [2.05, 4.69) is 43.6 Å². The summed E-state index contributed by atoms with van der Waals surface area (Å²) in [4.78, 5) is 55.7.